The molecule has 0 aromatic heterocycles. The van der Waals surface area contributed by atoms with E-state index in [1.807, 2.05) is 6.92 Å². The van der Waals surface area contributed by atoms with E-state index in [-0.39, 0.29) is 11.9 Å². The predicted molar refractivity (Wildman–Crippen MR) is 43.0 cm³/mol. The Balaban J connectivity index is 2.91. The highest BCUT2D eigenvalue weighted by molar-refractivity contribution is 9.08. The molecule has 0 spiro atoms. The minimum atomic E-state index is -0.722. The molecule has 11 heavy (non-hydrogen) atoms. The Morgan fingerprint density at radius 2 is 2.18 bits per heavy atom. The number of rotatable bonds is 1. The first-order valence-electron chi connectivity index (χ1n) is 3.34. The van der Waals surface area contributed by atoms with Crippen molar-refractivity contribution in [3.05, 3.63) is 0 Å². The zero-order chi connectivity index (χ0) is 8.65. The lowest BCUT2D eigenvalue weighted by Gasteiger charge is -2.17. The van der Waals surface area contributed by atoms with Crippen LogP contribution >= 0.6 is 16.1 Å². The molecule has 62 valence electrons. The van der Waals surface area contributed by atoms with Crippen LogP contribution in [0.25, 0.3) is 0 Å². The van der Waals surface area contributed by atoms with E-state index < -0.39 is 5.54 Å². The van der Waals surface area contributed by atoms with E-state index in [1.54, 1.807) is 6.92 Å². The Kier molecular flexibility index (Phi) is 1.92. The molecular formula is C6H9BrN2O2. The van der Waals surface area contributed by atoms with E-state index >= 15 is 0 Å². The molecule has 1 fully saturated rings. The molecule has 1 unspecified atom stereocenters. The molecule has 0 aromatic carbocycles. The summed E-state index contributed by atoms with van der Waals surface area (Å²) < 4.78 is 0.927. The van der Waals surface area contributed by atoms with E-state index in [2.05, 4.69) is 21.5 Å². The maximum atomic E-state index is 11.3. The summed E-state index contributed by atoms with van der Waals surface area (Å²) in [5, 5.41) is 2.57. The van der Waals surface area contributed by atoms with Crippen LogP contribution in [0.2, 0.25) is 0 Å². The SMILES string of the molecule is CCC1(C)NC(=O)N(Br)C1=O. The van der Waals surface area contributed by atoms with Crippen molar-refractivity contribution in [2.24, 2.45) is 0 Å². The van der Waals surface area contributed by atoms with Gasteiger partial charge in [-0.2, -0.15) is 3.93 Å². The maximum absolute atomic E-state index is 11.3. The van der Waals surface area contributed by atoms with Gasteiger partial charge in [0, 0.05) is 0 Å². The summed E-state index contributed by atoms with van der Waals surface area (Å²) in [6.07, 6.45) is 0.597. The number of nitrogens with zero attached hydrogens (tertiary/aromatic N) is 1. The number of hydrogen-bond acceptors (Lipinski definition) is 2. The zero-order valence-electron chi connectivity index (χ0n) is 6.35. The van der Waals surface area contributed by atoms with Gasteiger partial charge in [0.15, 0.2) is 0 Å². The van der Waals surface area contributed by atoms with Crippen LogP contribution in [0.15, 0.2) is 0 Å². The molecule has 3 amide bonds. The molecular weight excluding hydrogens is 212 g/mol. The van der Waals surface area contributed by atoms with Crippen molar-refractivity contribution in [2.75, 3.05) is 0 Å². The van der Waals surface area contributed by atoms with Crippen LogP contribution in [0.3, 0.4) is 0 Å². The third kappa shape index (κ3) is 1.13. The van der Waals surface area contributed by atoms with Crippen LogP contribution in [0.1, 0.15) is 20.3 Å². The molecule has 0 saturated carbocycles. The van der Waals surface area contributed by atoms with Crippen molar-refractivity contribution in [2.45, 2.75) is 25.8 Å². The maximum Gasteiger partial charge on any atom is 0.335 e. The van der Waals surface area contributed by atoms with E-state index in [9.17, 15) is 9.59 Å². The Hall–Kier alpha value is -0.580. The van der Waals surface area contributed by atoms with Gasteiger partial charge in [-0.1, -0.05) is 6.92 Å². The second-order valence-electron chi connectivity index (χ2n) is 2.70. The molecule has 1 aliphatic rings. The normalized spacial score (nSPS) is 31.0. The van der Waals surface area contributed by atoms with E-state index in [0.717, 1.165) is 3.93 Å². The van der Waals surface area contributed by atoms with Gasteiger partial charge in [-0.15, -0.1) is 0 Å². The van der Waals surface area contributed by atoms with Crippen molar-refractivity contribution in [3.63, 3.8) is 0 Å². The van der Waals surface area contributed by atoms with Crippen molar-refractivity contribution in [3.8, 4) is 0 Å². The molecule has 1 rings (SSSR count). The van der Waals surface area contributed by atoms with E-state index in [0.29, 0.717) is 6.42 Å². The summed E-state index contributed by atoms with van der Waals surface area (Å²) in [5.74, 6) is -0.231. The first-order valence-corrected chi connectivity index (χ1v) is 4.04. The van der Waals surface area contributed by atoms with Gasteiger partial charge in [0.1, 0.15) is 5.54 Å². The highest BCUT2D eigenvalue weighted by atomic mass is 79.9. The predicted octanol–water partition coefficient (Wildman–Crippen LogP) is 1.02. The Bertz CT molecular complexity index is 219. The fraction of sp³-hybridized carbons (Fsp3) is 0.667. The van der Waals surface area contributed by atoms with Gasteiger partial charge in [-0.3, -0.25) is 4.79 Å². The quantitative estimate of drug-likeness (QED) is 0.530. The minimum Gasteiger partial charge on any atom is -0.323 e. The number of amides is 3. The topological polar surface area (TPSA) is 49.4 Å². The van der Waals surface area contributed by atoms with Crippen LogP contribution in [-0.2, 0) is 4.79 Å². The molecule has 0 aromatic rings. The van der Waals surface area contributed by atoms with Gasteiger partial charge in [-0.05, 0) is 13.3 Å². The van der Waals surface area contributed by atoms with Crippen LogP contribution in [-0.4, -0.2) is 21.4 Å². The van der Waals surface area contributed by atoms with Crippen molar-refractivity contribution < 1.29 is 9.59 Å². The average Bonchev–Trinajstić information content (AvgIpc) is 2.17. The van der Waals surface area contributed by atoms with Gasteiger partial charge in [0.2, 0.25) is 0 Å². The summed E-state index contributed by atoms with van der Waals surface area (Å²) in [7, 11) is 0. The zero-order valence-corrected chi connectivity index (χ0v) is 7.93. The standard InChI is InChI=1S/C6H9BrN2O2/c1-3-6(2)4(10)9(7)5(11)8-6/h3H2,1-2H3,(H,8,11). The number of halogens is 1. The molecule has 1 N–H and O–H groups in total. The number of nitrogens with one attached hydrogen (secondary N) is 1. The molecule has 4 nitrogen and oxygen atoms in total. The van der Waals surface area contributed by atoms with Gasteiger partial charge in [-0.25, -0.2) is 4.79 Å². The Morgan fingerprint density at radius 3 is 2.36 bits per heavy atom. The van der Waals surface area contributed by atoms with Crippen molar-refractivity contribution >= 4 is 28.1 Å². The lowest BCUT2D eigenvalue weighted by molar-refractivity contribution is -0.126. The van der Waals surface area contributed by atoms with Crippen LogP contribution in [0.5, 0.6) is 0 Å². The van der Waals surface area contributed by atoms with Gasteiger partial charge in [0.05, 0.1) is 16.1 Å². The second-order valence-corrected chi connectivity index (χ2v) is 3.41. The molecule has 1 heterocycles. The number of urea groups is 1. The van der Waals surface area contributed by atoms with Crippen LogP contribution in [0.4, 0.5) is 4.79 Å². The first kappa shape index (κ1) is 8.52. The number of imide groups is 1. The number of carbonyl (C=O) groups is 2. The fourth-order valence-corrected chi connectivity index (χ4v) is 1.37. The third-order valence-corrected chi connectivity index (χ3v) is 2.56. The highest BCUT2D eigenvalue weighted by Crippen LogP contribution is 2.22. The minimum absolute atomic E-state index is 0.231. The molecule has 1 atom stereocenters. The fourth-order valence-electron chi connectivity index (χ4n) is 0.887. The van der Waals surface area contributed by atoms with E-state index in [4.69, 9.17) is 0 Å². The van der Waals surface area contributed by atoms with Crippen molar-refractivity contribution in [1.29, 1.82) is 0 Å². The highest BCUT2D eigenvalue weighted by Gasteiger charge is 2.45. The van der Waals surface area contributed by atoms with Gasteiger partial charge >= 0.3 is 6.03 Å². The largest absolute Gasteiger partial charge is 0.335 e. The smallest absolute Gasteiger partial charge is 0.323 e. The summed E-state index contributed by atoms with van der Waals surface area (Å²) >= 11 is 2.86. The third-order valence-electron chi connectivity index (χ3n) is 1.92. The second kappa shape index (κ2) is 2.48. The van der Waals surface area contributed by atoms with Crippen molar-refractivity contribution in [1.82, 2.24) is 9.24 Å². The molecule has 0 radical (unpaired) electrons. The van der Waals surface area contributed by atoms with E-state index in [1.165, 1.54) is 0 Å². The lowest BCUT2D eigenvalue weighted by atomic mass is 10.0. The lowest BCUT2D eigenvalue weighted by Crippen LogP contribution is -2.42. The summed E-state index contributed by atoms with van der Waals surface area (Å²) in [6, 6.07) is -0.389. The summed E-state index contributed by atoms with van der Waals surface area (Å²) in [5.41, 5.74) is -0.722. The molecule has 5 heteroatoms. The summed E-state index contributed by atoms with van der Waals surface area (Å²) in [4.78, 5) is 22.2. The molecule has 1 aliphatic heterocycles. The monoisotopic (exact) mass is 220 g/mol. The molecule has 0 aliphatic carbocycles. The number of carbonyl (C=O) groups excluding carboxylic acids is 2. The average molecular weight is 221 g/mol. The van der Waals surface area contributed by atoms with Gasteiger partial charge in [0.25, 0.3) is 5.91 Å². The Morgan fingerprint density at radius 1 is 1.64 bits per heavy atom. The first-order chi connectivity index (χ1) is 5.01. The number of hydrogen-bond donors (Lipinski definition) is 1. The molecule has 0 bridgehead atoms. The summed E-state index contributed by atoms with van der Waals surface area (Å²) in [6.45, 7) is 3.55. The van der Waals surface area contributed by atoms with Crippen LogP contribution < -0.4 is 5.32 Å². The Labute approximate surface area is 73.3 Å². The van der Waals surface area contributed by atoms with Crippen LogP contribution in [0, 0.1) is 0 Å². The molecule has 1 saturated heterocycles. The van der Waals surface area contributed by atoms with Gasteiger partial charge < -0.3 is 5.32 Å².